The van der Waals surface area contributed by atoms with Crippen LogP contribution in [0.15, 0.2) is 6.20 Å². The van der Waals surface area contributed by atoms with Gasteiger partial charge in [-0.15, -0.1) is 0 Å². The summed E-state index contributed by atoms with van der Waals surface area (Å²) in [6, 6.07) is 0. The van der Waals surface area contributed by atoms with Gasteiger partial charge in [0.1, 0.15) is 5.82 Å². The first-order valence-electron chi connectivity index (χ1n) is 6.05. The Morgan fingerprint density at radius 3 is 2.83 bits per heavy atom. The number of nitrogens with one attached hydrogen (secondary N) is 2. The summed E-state index contributed by atoms with van der Waals surface area (Å²) < 4.78 is 4.57. The Balaban J connectivity index is 2.55. The van der Waals surface area contributed by atoms with Gasteiger partial charge in [-0.2, -0.15) is 4.98 Å². The molecule has 0 aliphatic heterocycles. The maximum atomic E-state index is 11.0. The molecule has 100 valence electrons. The Bertz CT molecular complexity index is 396. The van der Waals surface area contributed by atoms with Crippen molar-refractivity contribution in [3.8, 4) is 0 Å². The maximum Gasteiger partial charge on any atom is 0.307 e. The molecule has 0 unspecified atom stereocenters. The van der Waals surface area contributed by atoms with Crippen molar-refractivity contribution >= 4 is 17.7 Å². The molecule has 0 aromatic carbocycles. The highest BCUT2D eigenvalue weighted by molar-refractivity contribution is 5.69. The first-order chi connectivity index (χ1) is 8.67. The quantitative estimate of drug-likeness (QED) is 0.718. The summed E-state index contributed by atoms with van der Waals surface area (Å²) in [6.07, 6.45) is 3.09. The summed E-state index contributed by atoms with van der Waals surface area (Å²) in [5, 5.41) is 6.22. The van der Waals surface area contributed by atoms with E-state index in [1.54, 1.807) is 6.20 Å². The van der Waals surface area contributed by atoms with Crippen molar-refractivity contribution in [1.29, 1.82) is 0 Å². The monoisotopic (exact) mass is 252 g/mol. The normalized spacial score (nSPS) is 9.94. The second kappa shape index (κ2) is 7.47. The van der Waals surface area contributed by atoms with Crippen molar-refractivity contribution in [2.24, 2.45) is 0 Å². The molecule has 18 heavy (non-hydrogen) atoms. The first kappa shape index (κ1) is 14.2. The summed E-state index contributed by atoms with van der Waals surface area (Å²) >= 11 is 0. The van der Waals surface area contributed by atoms with E-state index in [0.717, 1.165) is 24.3 Å². The van der Waals surface area contributed by atoms with Crippen LogP contribution in [0.3, 0.4) is 0 Å². The average Bonchev–Trinajstić information content (AvgIpc) is 2.39. The summed E-state index contributed by atoms with van der Waals surface area (Å²) in [6.45, 7) is 5.34. The van der Waals surface area contributed by atoms with E-state index in [1.165, 1.54) is 7.11 Å². The minimum atomic E-state index is -0.237. The van der Waals surface area contributed by atoms with E-state index < -0.39 is 0 Å². The topological polar surface area (TPSA) is 76.1 Å². The van der Waals surface area contributed by atoms with E-state index in [0.29, 0.717) is 18.9 Å². The van der Waals surface area contributed by atoms with Crippen LogP contribution in [-0.4, -0.2) is 36.1 Å². The number of aryl methyl sites for hydroxylation is 1. The Labute approximate surface area is 107 Å². The number of methoxy groups -OCH3 is 1. The molecule has 0 atom stereocenters. The zero-order valence-electron chi connectivity index (χ0n) is 11.1. The first-order valence-corrected chi connectivity index (χ1v) is 6.05. The number of ether oxygens (including phenoxy) is 1. The summed E-state index contributed by atoms with van der Waals surface area (Å²) in [4.78, 5) is 19.5. The number of aromatic nitrogens is 2. The molecule has 6 nitrogen and oxygen atoms in total. The number of hydrogen-bond donors (Lipinski definition) is 2. The highest BCUT2D eigenvalue weighted by atomic mass is 16.5. The number of hydrogen-bond acceptors (Lipinski definition) is 6. The summed E-state index contributed by atoms with van der Waals surface area (Å²) in [7, 11) is 1.38. The fourth-order valence-electron chi connectivity index (χ4n) is 1.33. The molecule has 1 rings (SSSR count). The van der Waals surface area contributed by atoms with Gasteiger partial charge in [0, 0.05) is 24.8 Å². The molecule has 0 aliphatic rings. The van der Waals surface area contributed by atoms with Crippen molar-refractivity contribution in [2.45, 2.75) is 26.7 Å². The van der Waals surface area contributed by atoms with Gasteiger partial charge in [0.15, 0.2) is 0 Å². The third-order valence-corrected chi connectivity index (χ3v) is 2.35. The van der Waals surface area contributed by atoms with Crippen molar-refractivity contribution in [2.75, 3.05) is 30.8 Å². The number of carbonyl (C=O) groups excluding carboxylic acids is 1. The van der Waals surface area contributed by atoms with Crippen molar-refractivity contribution in [3.63, 3.8) is 0 Å². The third-order valence-electron chi connectivity index (χ3n) is 2.35. The van der Waals surface area contributed by atoms with Crippen molar-refractivity contribution < 1.29 is 9.53 Å². The van der Waals surface area contributed by atoms with E-state index in [-0.39, 0.29) is 5.97 Å². The van der Waals surface area contributed by atoms with Crippen LogP contribution in [0.4, 0.5) is 11.8 Å². The van der Waals surface area contributed by atoms with Gasteiger partial charge in [-0.1, -0.05) is 6.92 Å². The van der Waals surface area contributed by atoms with E-state index >= 15 is 0 Å². The van der Waals surface area contributed by atoms with Gasteiger partial charge in [-0.25, -0.2) is 4.98 Å². The zero-order valence-corrected chi connectivity index (χ0v) is 11.1. The molecule has 0 aliphatic carbocycles. The molecule has 0 saturated carbocycles. The summed E-state index contributed by atoms with van der Waals surface area (Å²) in [5.74, 6) is 1.11. The molecular weight excluding hydrogens is 232 g/mol. The fraction of sp³-hybridized carbons (Fsp3) is 0.583. The second-order valence-electron chi connectivity index (χ2n) is 3.90. The summed E-state index contributed by atoms with van der Waals surface area (Å²) in [5.41, 5.74) is 0.946. The van der Waals surface area contributed by atoms with Gasteiger partial charge in [0.05, 0.1) is 13.5 Å². The SMILES string of the molecule is CCCNc1ncc(C)c(NCCC(=O)OC)n1. The van der Waals surface area contributed by atoms with Gasteiger partial charge in [-0.05, 0) is 13.3 Å². The van der Waals surface area contributed by atoms with Gasteiger partial charge in [0.25, 0.3) is 0 Å². The van der Waals surface area contributed by atoms with Crippen LogP contribution in [-0.2, 0) is 9.53 Å². The van der Waals surface area contributed by atoms with E-state index in [4.69, 9.17) is 0 Å². The Morgan fingerprint density at radius 2 is 2.17 bits per heavy atom. The lowest BCUT2D eigenvalue weighted by Crippen LogP contribution is -2.13. The minimum absolute atomic E-state index is 0.237. The van der Waals surface area contributed by atoms with Crippen molar-refractivity contribution in [1.82, 2.24) is 9.97 Å². The van der Waals surface area contributed by atoms with Crippen molar-refractivity contribution in [3.05, 3.63) is 11.8 Å². The number of rotatable bonds is 7. The molecule has 2 N–H and O–H groups in total. The molecule has 0 spiro atoms. The van der Waals surface area contributed by atoms with Crippen LogP contribution in [0.2, 0.25) is 0 Å². The largest absolute Gasteiger partial charge is 0.469 e. The lowest BCUT2D eigenvalue weighted by molar-refractivity contribution is -0.140. The highest BCUT2D eigenvalue weighted by Crippen LogP contribution is 2.12. The van der Waals surface area contributed by atoms with Crippen LogP contribution < -0.4 is 10.6 Å². The molecule has 6 heteroatoms. The predicted octanol–water partition coefficient (Wildman–Crippen LogP) is 1.58. The molecule has 0 fully saturated rings. The molecule has 1 aromatic heterocycles. The third kappa shape index (κ3) is 4.57. The zero-order chi connectivity index (χ0) is 13.4. The molecule has 1 heterocycles. The van der Waals surface area contributed by atoms with Gasteiger partial charge >= 0.3 is 5.97 Å². The van der Waals surface area contributed by atoms with Crippen LogP contribution in [0.25, 0.3) is 0 Å². The van der Waals surface area contributed by atoms with Gasteiger partial charge < -0.3 is 15.4 Å². The highest BCUT2D eigenvalue weighted by Gasteiger charge is 2.04. The van der Waals surface area contributed by atoms with Crippen LogP contribution in [0, 0.1) is 6.92 Å². The number of esters is 1. The minimum Gasteiger partial charge on any atom is -0.469 e. The molecule has 0 saturated heterocycles. The van der Waals surface area contributed by atoms with E-state index in [1.807, 2.05) is 6.92 Å². The Kier molecular flexibility index (Phi) is 5.90. The van der Waals surface area contributed by atoms with Crippen LogP contribution in [0.5, 0.6) is 0 Å². The lowest BCUT2D eigenvalue weighted by atomic mass is 10.3. The standard InChI is InChI=1S/C12H20N4O2/c1-4-6-14-12-15-8-9(2)11(16-12)13-7-5-10(17)18-3/h8H,4-7H2,1-3H3,(H2,13,14,15,16). The van der Waals surface area contributed by atoms with E-state index in [2.05, 4.69) is 32.3 Å². The Morgan fingerprint density at radius 1 is 1.39 bits per heavy atom. The predicted molar refractivity (Wildman–Crippen MR) is 70.7 cm³/mol. The van der Waals surface area contributed by atoms with Crippen LogP contribution >= 0.6 is 0 Å². The number of anilines is 2. The maximum absolute atomic E-state index is 11.0. The second-order valence-corrected chi connectivity index (χ2v) is 3.90. The number of nitrogens with zero attached hydrogens (tertiary/aromatic N) is 2. The molecular formula is C12H20N4O2. The Hall–Kier alpha value is -1.85. The fourth-order valence-corrected chi connectivity index (χ4v) is 1.33. The smallest absolute Gasteiger partial charge is 0.307 e. The molecule has 0 amide bonds. The number of carbonyl (C=O) groups is 1. The van der Waals surface area contributed by atoms with Gasteiger partial charge in [0.2, 0.25) is 5.95 Å². The molecule has 0 radical (unpaired) electrons. The molecule has 0 bridgehead atoms. The average molecular weight is 252 g/mol. The molecule has 1 aromatic rings. The van der Waals surface area contributed by atoms with Crippen LogP contribution in [0.1, 0.15) is 25.3 Å². The lowest BCUT2D eigenvalue weighted by Gasteiger charge is -2.10. The van der Waals surface area contributed by atoms with Gasteiger partial charge in [-0.3, -0.25) is 4.79 Å². The van der Waals surface area contributed by atoms with E-state index in [9.17, 15) is 4.79 Å².